The predicted molar refractivity (Wildman–Crippen MR) is 98.5 cm³/mol. The van der Waals surface area contributed by atoms with Crippen molar-refractivity contribution in [3.05, 3.63) is 100.0 Å². The van der Waals surface area contributed by atoms with E-state index in [2.05, 4.69) is 10.6 Å². The number of halogens is 2. The number of rotatable bonds is 5. The Morgan fingerprint density at radius 1 is 0.963 bits per heavy atom. The molecule has 2 aromatic carbocycles. The molecule has 2 N–H and O–H groups in total. The number of urea groups is 1. The van der Waals surface area contributed by atoms with Crippen LogP contribution in [0.25, 0.3) is 0 Å². The van der Waals surface area contributed by atoms with Gasteiger partial charge in [-0.25, -0.2) is 13.6 Å². The van der Waals surface area contributed by atoms with Crippen molar-refractivity contribution < 1.29 is 13.6 Å². The molecule has 1 heterocycles. The van der Waals surface area contributed by atoms with Crippen LogP contribution in [0.15, 0.2) is 71.7 Å². The number of nitrogens with one attached hydrogen (secondary N) is 2. The largest absolute Gasteiger partial charge is 0.334 e. The molecule has 0 saturated heterocycles. The number of nitrogens with zero attached hydrogens (tertiary/aromatic N) is 1. The molecule has 0 saturated carbocycles. The summed E-state index contributed by atoms with van der Waals surface area (Å²) >= 11 is 0. The van der Waals surface area contributed by atoms with E-state index in [1.165, 1.54) is 6.07 Å². The van der Waals surface area contributed by atoms with Crippen molar-refractivity contribution in [2.75, 3.05) is 5.32 Å². The molecule has 138 valence electrons. The first-order chi connectivity index (χ1) is 13.0. The molecule has 3 aromatic rings. The molecule has 0 aliphatic carbocycles. The molecule has 7 heteroatoms. The van der Waals surface area contributed by atoms with Crippen LogP contribution in [-0.2, 0) is 13.1 Å². The van der Waals surface area contributed by atoms with Crippen molar-refractivity contribution in [3.8, 4) is 0 Å². The van der Waals surface area contributed by atoms with Gasteiger partial charge in [-0.2, -0.15) is 0 Å². The fraction of sp³-hybridized carbons (Fsp3) is 0.100. The van der Waals surface area contributed by atoms with Crippen molar-refractivity contribution in [3.63, 3.8) is 0 Å². The van der Waals surface area contributed by atoms with Crippen molar-refractivity contribution in [1.82, 2.24) is 9.88 Å². The SMILES string of the molecule is O=C(NCc1ccc(Cn2ccccc2=O)cc1)Nc1ccc(F)cc1F. The van der Waals surface area contributed by atoms with E-state index in [4.69, 9.17) is 0 Å². The molecule has 0 spiro atoms. The molecule has 1 aromatic heterocycles. The smallest absolute Gasteiger partial charge is 0.319 e. The first-order valence-corrected chi connectivity index (χ1v) is 8.24. The summed E-state index contributed by atoms with van der Waals surface area (Å²) in [6, 6.07) is 14.7. The van der Waals surface area contributed by atoms with Crippen LogP contribution >= 0.6 is 0 Å². The van der Waals surface area contributed by atoms with E-state index in [-0.39, 0.29) is 17.8 Å². The van der Waals surface area contributed by atoms with E-state index in [1.54, 1.807) is 22.9 Å². The van der Waals surface area contributed by atoms with Crippen LogP contribution in [0, 0.1) is 11.6 Å². The number of aromatic nitrogens is 1. The van der Waals surface area contributed by atoms with Crippen molar-refractivity contribution >= 4 is 11.7 Å². The second-order valence-corrected chi connectivity index (χ2v) is 5.92. The minimum atomic E-state index is -0.842. The van der Waals surface area contributed by atoms with Gasteiger partial charge in [0.15, 0.2) is 0 Å². The average Bonchev–Trinajstić information content (AvgIpc) is 2.65. The molecule has 0 unspecified atom stereocenters. The molecular weight excluding hydrogens is 352 g/mol. The Hall–Kier alpha value is -3.48. The van der Waals surface area contributed by atoms with Crippen molar-refractivity contribution in [1.29, 1.82) is 0 Å². The third-order valence-corrected chi connectivity index (χ3v) is 3.91. The molecule has 0 aliphatic rings. The first kappa shape index (κ1) is 18.3. The van der Waals surface area contributed by atoms with Crippen LogP contribution in [0.5, 0.6) is 0 Å². The van der Waals surface area contributed by atoms with E-state index in [0.29, 0.717) is 12.6 Å². The Labute approximate surface area is 154 Å². The standard InChI is InChI=1S/C20H17F2N3O2/c21-16-8-9-18(17(22)11-16)24-20(27)23-12-14-4-6-15(7-5-14)13-25-10-2-1-3-19(25)26/h1-11H,12-13H2,(H2,23,24,27). The Morgan fingerprint density at radius 3 is 2.41 bits per heavy atom. The van der Waals surface area contributed by atoms with Crippen LogP contribution in [0.1, 0.15) is 11.1 Å². The highest BCUT2D eigenvalue weighted by Gasteiger charge is 2.07. The number of pyridine rings is 1. The normalized spacial score (nSPS) is 10.4. The Balaban J connectivity index is 1.54. The summed E-state index contributed by atoms with van der Waals surface area (Å²) in [6.07, 6.45) is 1.72. The number of amides is 2. The molecule has 0 radical (unpaired) electrons. The lowest BCUT2D eigenvalue weighted by Gasteiger charge is -2.09. The summed E-state index contributed by atoms with van der Waals surface area (Å²) in [6.45, 7) is 0.692. The van der Waals surface area contributed by atoms with E-state index < -0.39 is 17.7 Å². The summed E-state index contributed by atoms with van der Waals surface area (Å²) < 4.78 is 28.0. The van der Waals surface area contributed by atoms with E-state index in [0.717, 1.165) is 23.3 Å². The Morgan fingerprint density at radius 2 is 1.70 bits per heavy atom. The highest BCUT2D eigenvalue weighted by Crippen LogP contribution is 2.14. The zero-order valence-corrected chi connectivity index (χ0v) is 14.3. The molecule has 0 aliphatic heterocycles. The fourth-order valence-corrected chi connectivity index (χ4v) is 2.49. The van der Waals surface area contributed by atoms with Gasteiger partial charge in [0.25, 0.3) is 5.56 Å². The number of hydrogen-bond acceptors (Lipinski definition) is 2. The number of hydrogen-bond donors (Lipinski definition) is 2. The monoisotopic (exact) mass is 369 g/mol. The first-order valence-electron chi connectivity index (χ1n) is 8.24. The molecule has 0 bridgehead atoms. The van der Waals surface area contributed by atoms with Gasteiger partial charge >= 0.3 is 6.03 Å². The van der Waals surface area contributed by atoms with Crippen LogP contribution < -0.4 is 16.2 Å². The van der Waals surface area contributed by atoms with Crippen molar-refractivity contribution in [2.45, 2.75) is 13.1 Å². The van der Waals surface area contributed by atoms with Crippen LogP contribution in [-0.4, -0.2) is 10.6 Å². The van der Waals surface area contributed by atoms with E-state index >= 15 is 0 Å². The quantitative estimate of drug-likeness (QED) is 0.723. The van der Waals surface area contributed by atoms with Crippen LogP contribution in [0.4, 0.5) is 19.3 Å². The number of carbonyl (C=O) groups excluding carboxylic acids is 1. The predicted octanol–water partition coefficient (Wildman–Crippen LogP) is 3.50. The second kappa shape index (κ2) is 8.27. The maximum absolute atomic E-state index is 13.5. The van der Waals surface area contributed by atoms with E-state index in [1.807, 2.05) is 24.3 Å². The summed E-state index contributed by atoms with van der Waals surface area (Å²) in [5, 5.41) is 4.93. The van der Waals surface area contributed by atoms with Gasteiger partial charge in [-0.3, -0.25) is 4.79 Å². The highest BCUT2D eigenvalue weighted by molar-refractivity contribution is 5.89. The second-order valence-electron chi connectivity index (χ2n) is 5.92. The van der Waals surface area contributed by atoms with Crippen LogP contribution in [0.2, 0.25) is 0 Å². The summed E-state index contributed by atoms with van der Waals surface area (Å²) in [4.78, 5) is 23.6. The zero-order chi connectivity index (χ0) is 19.2. The molecule has 2 amide bonds. The zero-order valence-electron chi connectivity index (χ0n) is 14.3. The third-order valence-electron chi connectivity index (χ3n) is 3.91. The summed E-state index contributed by atoms with van der Waals surface area (Å²) in [7, 11) is 0. The van der Waals surface area contributed by atoms with Crippen molar-refractivity contribution in [2.24, 2.45) is 0 Å². The van der Waals surface area contributed by atoms with Gasteiger partial charge in [0.05, 0.1) is 12.2 Å². The van der Waals surface area contributed by atoms with Gasteiger partial charge in [0.1, 0.15) is 11.6 Å². The molecule has 0 fully saturated rings. The number of anilines is 1. The lowest BCUT2D eigenvalue weighted by Crippen LogP contribution is -2.28. The van der Waals surface area contributed by atoms with E-state index in [9.17, 15) is 18.4 Å². The van der Waals surface area contributed by atoms with Gasteiger partial charge in [0, 0.05) is 24.9 Å². The topological polar surface area (TPSA) is 63.1 Å². The Bertz CT molecular complexity index is 1000. The molecule has 5 nitrogen and oxygen atoms in total. The molecule has 3 rings (SSSR count). The van der Waals surface area contributed by atoms with Gasteiger partial charge in [0.2, 0.25) is 0 Å². The maximum Gasteiger partial charge on any atom is 0.319 e. The minimum Gasteiger partial charge on any atom is -0.334 e. The lowest BCUT2D eigenvalue weighted by atomic mass is 10.1. The maximum atomic E-state index is 13.5. The molecule has 27 heavy (non-hydrogen) atoms. The lowest BCUT2D eigenvalue weighted by molar-refractivity contribution is 0.251. The van der Waals surface area contributed by atoms with Gasteiger partial charge in [-0.15, -0.1) is 0 Å². The summed E-state index contributed by atoms with van der Waals surface area (Å²) in [5.74, 6) is -1.55. The highest BCUT2D eigenvalue weighted by atomic mass is 19.1. The third kappa shape index (κ3) is 5.01. The number of benzene rings is 2. The number of carbonyl (C=O) groups is 1. The van der Waals surface area contributed by atoms with Gasteiger partial charge in [-0.05, 0) is 29.3 Å². The Kier molecular flexibility index (Phi) is 5.61. The minimum absolute atomic E-state index is 0.0760. The molecular formula is C20H17F2N3O2. The molecule has 0 atom stereocenters. The van der Waals surface area contributed by atoms with Gasteiger partial charge < -0.3 is 15.2 Å². The fourth-order valence-electron chi connectivity index (χ4n) is 2.49. The van der Waals surface area contributed by atoms with Crippen LogP contribution in [0.3, 0.4) is 0 Å². The van der Waals surface area contributed by atoms with Gasteiger partial charge in [-0.1, -0.05) is 30.3 Å². The average molecular weight is 369 g/mol. The summed E-state index contributed by atoms with van der Waals surface area (Å²) in [5.41, 5.74) is 1.62.